The molecule has 0 aliphatic heterocycles. The van der Waals surface area contributed by atoms with Gasteiger partial charge in [-0.05, 0) is 22.9 Å². The van der Waals surface area contributed by atoms with Crippen molar-refractivity contribution < 1.29 is 0 Å². The van der Waals surface area contributed by atoms with Crippen LogP contribution in [0.4, 0.5) is 0 Å². The van der Waals surface area contributed by atoms with E-state index in [-0.39, 0.29) is 0 Å². The number of fused-ring (bicyclic) bond motifs is 5. The molecule has 2 aromatic heterocycles. The number of nitrogens with zero attached hydrogens (tertiary/aromatic N) is 1. The number of hydrogen-bond donors (Lipinski definition) is 0. The first kappa shape index (κ1) is 8.67. The van der Waals surface area contributed by atoms with Gasteiger partial charge in [-0.15, -0.1) is 22.7 Å². The average Bonchev–Trinajstić information content (AvgIpc) is 2.96. The summed E-state index contributed by atoms with van der Waals surface area (Å²) in [5.41, 5.74) is 3.06. The number of benzene rings is 2. The normalized spacial score (nSPS) is 11.8. The smallest absolute Gasteiger partial charge is 0.0890 e. The molecular formula is C13H7NS2. The number of aromatic nitrogens is 1. The van der Waals surface area contributed by atoms with Crippen molar-refractivity contribution in [1.29, 1.82) is 0 Å². The number of hydrogen-bond acceptors (Lipinski definition) is 3. The molecule has 0 unspecified atom stereocenters. The van der Waals surface area contributed by atoms with Gasteiger partial charge in [0.05, 0.1) is 15.7 Å². The first-order chi connectivity index (χ1) is 7.93. The lowest BCUT2D eigenvalue weighted by molar-refractivity contribution is 1.52. The van der Waals surface area contributed by atoms with Crippen LogP contribution in [0.25, 0.3) is 31.1 Å². The molecular weight excluding hydrogens is 234 g/mol. The Morgan fingerprint density at radius 2 is 1.81 bits per heavy atom. The molecule has 4 aromatic rings. The zero-order chi connectivity index (χ0) is 10.5. The monoisotopic (exact) mass is 241 g/mol. The number of thiazole rings is 1. The molecule has 0 fully saturated rings. The van der Waals surface area contributed by atoms with E-state index < -0.39 is 0 Å². The molecule has 0 saturated heterocycles. The molecule has 16 heavy (non-hydrogen) atoms. The molecule has 0 saturated carbocycles. The van der Waals surface area contributed by atoms with E-state index in [1.165, 1.54) is 25.6 Å². The third-order valence-electron chi connectivity index (χ3n) is 2.91. The van der Waals surface area contributed by atoms with Crippen molar-refractivity contribution in [1.82, 2.24) is 4.98 Å². The maximum absolute atomic E-state index is 4.46. The largest absolute Gasteiger partial charge is 0.244 e. The van der Waals surface area contributed by atoms with Gasteiger partial charge in [-0.1, -0.05) is 18.2 Å². The molecule has 2 aromatic carbocycles. The van der Waals surface area contributed by atoms with Gasteiger partial charge >= 0.3 is 0 Å². The number of thiophene rings is 1. The highest BCUT2D eigenvalue weighted by Gasteiger charge is 2.06. The Hall–Kier alpha value is -1.45. The van der Waals surface area contributed by atoms with Gasteiger partial charge < -0.3 is 0 Å². The van der Waals surface area contributed by atoms with E-state index in [2.05, 4.69) is 40.7 Å². The summed E-state index contributed by atoms with van der Waals surface area (Å²) in [5.74, 6) is 0. The molecule has 0 N–H and O–H groups in total. The fraction of sp³-hybridized carbons (Fsp3) is 0. The molecule has 2 heterocycles. The predicted molar refractivity (Wildman–Crippen MR) is 72.5 cm³/mol. The summed E-state index contributed by atoms with van der Waals surface area (Å²) in [4.78, 5) is 4.46. The van der Waals surface area contributed by atoms with E-state index in [0.717, 1.165) is 5.52 Å². The van der Waals surface area contributed by atoms with Crippen molar-refractivity contribution in [2.24, 2.45) is 0 Å². The van der Waals surface area contributed by atoms with Gasteiger partial charge in [-0.2, -0.15) is 0 Å². The van der Waals surface area contributed by atoms with E-state index >= 15 is 0 Å². The molecule has 76 valence electrons. The van der Waals surface area contributed by atoms with Gasteiger partial charge in [0.1, 0.15) is 0 Å². The third kappa shape index (κ3) is 1.02. The van der Waals surface area contributed by atoms with E-state index in [1.807, 2.05) is 5.51 Å². The first-order valence-electron chi connectivity index (χ1n) is 5.05. The maximum Gasteiger partial charge on any atom is 0.0890 e. The fourth-order valence-corrected chi connectivity index (χ4v) is 3.78. The zero-order valence-corrected chi connectivity index (χ0v) is 9.94. The van der Waals surface area contributed by atoms with Crippen LogP contribution >= 0.6 is 22.7 Å². The van der Waals surface area contributed by atoms with Crippen LogP contribution < -0.4 is 0 Å². The lowest BCUT2D eigenvalue weighted by Gasteiger charge is -2.00. The van der Waals surface area contributed by atoms with Gasteiger partial charge in [-0.25, -0.2) is 4.98 Å². The Labute approximate surface area is 100.0 Å². The molecule has 0 spiro atoms. The molecule has 4 rings (SSSR count). The van der Waals surface area contributed by atoms with Crippen molar-refractivity contribution in [3.63, 3.8) is 0 Å². The Morgan fingerprint density at radius 3 is 2.81 bits per heavy atom. The van der Waals surface area contributed by atoms with Crippen LogP contribution in [0.15, 0.2) is 41.2 Å². The van der Waals surface area contributed by atoms with Gasteiger partial charge in [0.25, 0.3) is 0 Å². The molecule has 3 heteroatoms. The van der Waals surface area contributed by atoms with Gasteiger partial charge in [0.2, 0.25) is 0 Å². The van der Waals surface area contributed by atoms with Gasteiger partial charge in [0, 0.05) is 15.5 Å². The standard InChI is InChI=1S/C13H7NS2/c1-2-9-10(13-8(1)5-6-15-13)3-4-11-12(9)14-7-16-11/h1-7H. The van der Waals surface area contributed by atoms with E-state index in [0.29, 0.717) is 0 Å². The van der Waals surface area contributed by atoms with E-state index in [4.69, 9.17) is 0 Å². The van der Waals surface area contributed by atoms with Crippen LogP contribution in [-0.2, 0) is 0 Å². The molecule has 0 aliphatic carbocycles. The molecule has 1 nitrogen and oxygen atoms in total. The van der Waals surface area contributed by atoms with Crippen LogP contribution in [0.2, 0.25) is 0 Å². The van der Waals surface area contributed by atoms with Crippen LogP contribution in [0.5, 0.6) is 0 Å². The van der Waals surface area contributed by atoms with E-state index in [1.54, 1.807) is 22.7 Å². The van der Waals surface area contributed by atoms with Crippen LogP contribution in [0.1, 0.15) is 0 Å². The highest BCUT2D eigenvalue weighted by Crippen LogP contribution is 2.34. The third-order valence-corrected chi connectivity index (χ3v) is 4.67. The van der Waals surface area contributed by atoms with Crippen LogP contribution in [0.3, 0.4) is 0 Å². The second kappa shape index (κ2) is 3.03. The molecule has 0 aliphatic rings. The summed E-state index contributed by atoms with van der Waals surface area (Å²) >= 11 is 3.51. The van der Waals surface area contributed by atoms with Crippen molar-refractivity contribution in [2.45, 2.75) is 0 Å². The second-order valence-corrected chi connectivity index (χ2v) is 5.57. The van der Waals surface area contributed by atoms with E-state index in [9.17, 15) is 0 Å². The molecule has 0 bridgehead atoms. The van der Waals surface area contributed by atoms with Crippen LogP contribution in [0, 0.1) is 0 Å². The Bertz CT molecular complexity index is 741. The molecule has 0 radical (unpaired) electrons. The minimum Gasteiger partial charge on any atom is -0.244 e. The topological polar surface area (TPSA) is 12.9 Å². The fourth-order valence-electron chi connectivity index (χ4n) is 2.16. The van der Waals surface area contributed by atoms with Crippen molar-refractivity contribution in [2.75, 3.05) is 0 Å². The lowest BCUT2D eigenvalue weighted by Crippen LogP contribution is -1.75. The average molecular weight is 241 g/mol. The Balaban J connectivity index is 2.38. The number of rotatable bonds is 0. The lowest BCUT2D eigenvalue weighted by atomic mass is 10.1. The van der Waals surface area contributed by atoms with Crippen molar-refractivity contribution in [3.8, 4) is 0 Å². The molecule has 0 atom stereocenters. The summed E-state index contributed by atoms with van der Waals surface area (Å²) in [5, 5.41) is 6.07. The summed E-state index contributed by atoms with van der Waals surface area (Å²) in [6.45, 7) is 0. The van der Waals surface area contributed by atoms with Crippen LogP contribution in [-0.4, -0.2) is 4.98 Å². The highest BCUT2D eigenvalue weighted by molar-refractivity contribution is 7.18. The minimum absolute atomic E-state index is 1.14. The van der Waals surface area contributed by atoms with Gasteiger partial charge in [0.15, 0.2) is 0 Å². The first-order valence-corrected chi connectivity index (χ1v) is 6.81. The maximum atomic E-state index is 4.46. The SMILES string of the molecule is c1nc2c(ccc3c2ccc2ccsc23)s1. The second-order valence-electron chi connectivity index (χ2n) is 3.76. The Morgan fingerprint density at radius 1 is 0.875 bits per heavy atom. The highest BCUT2D eigenvalue weighted by atomic mass is 32.1. The summed E-state index contributed by atoms with van der Waals surface area (Å²) in [6.07, 6.45) is 0. The Kier molecular flexibility index (Phi) is 1.64. The summed E-state index contributed by atoms with van der Waals surface area (Å²) in [6, 6.07) is 10.9. The van der Waals surface area contributed by atoms with Crippen molar-refractivity contribution in [3.05, 3.63) is 41.2 Å². The summed E-state index contributed by atoms with van der Waals surface area (Å²) < 4.78 is 2.64. The van der Waals surface area contributed by atoms with Gasteiger partial charge in [-0.3, -0.25) is 0 Å². The quantitative estimate of drug-likeness (QED) is 0.436. The predicted octanol–water partition coefficient (Wildman–Crippen LogP) is 4.66. The minimum atomic E-state index is 1.14. The summed E-state index contributed by atoms with van der Waals surface area (Å²) in [7, 11) is 0. The molecule has 0 amide bonds. The zero-order valence-electron chi connectivity index (χ0n) is 8.31. The van der Waals surface area contributed by atoms with Crippen molar-refractivity contribution >= 4 is 53.7 Å².